The molecular formula is C15H16N4OS2. The van der Waals surface area contributed by atoms with Gasteiger partial charge in [0, 0.05) is 4.88 Å². The largest absolute Gasteiger partial charge is 0.357 e. The highest BCUT2D eigenvalue weighted by molar-refractivity contribution is 7.17. The summed E-state index contributed by atoms with van der Waals surface area (Å²) in [5, 5.41) is 10.2. The van der Waals surface area contributed by atoms with Gasteiger partial charge in [-0.25, -0.2) is 9.97 Å². The number of hydrogen-bond acceptors (Lipinski definition) is 6. The van der Waals surface area contributed by atoms with Gasteiger partial charge in [0.15, 0.2) is 0 Å². The van der Waals surface area contributed by atoms with E-state index >= 15 is 0 Å². The molecule has 0 spiro atoms. The highest BCUT2D eigenvalue weighted by Crippen LogP contribution is 2.25. The van der Waals surface area contributed by atoms with Crippen molar-refractivity contribution >= 4 is 44.6 Å². The molecule has 7 heteroatoms. The van der Waals surface area contributed by atoms with Gasteiger partial charge in [-0.2, -0.15) is 0 Å². The average Bonchev–Trinajstić information content (AvgIpc) is 3.21. The maximum absolute atomic E-state index is 12.3. The molecule has 0 aliphatic rings. The lowest BCUT2D eigenvalue weighted by Gasteiger charge is -2.17. The fourth-order valence-electron chi connectivity index (χ4n) is 2.12. The van der Waals surface area contributed by atoms with E-state index in [0.29, 0.717) is 13.0 Å². The molecule has 22 heavy (non-hydrogen) atoms. The number of amides is 1. The molecule has 114 valence electrons. The van der Waals surface area contributed by atoms with E-state index in [4.69, 9.17) is 0 Å². The van der Waals surface area contributed by atoms with Gasteiger partial charge in [-0.05, 0) is 29.3 Å². The van der Waals surface area contributed by atoms with Crippen molar-refractivity contribution in [3.63, 3.8) is 0 Å². The first-order valence-corrected chi connectivity index (χ1v) is 8.78. The molecule has 3 aromatic heterocycles. The number of fused-ring (bicyclic) bond motifs is 1. The Kier molecular flexibility index (Phi) is 4.65. The molecule has 2 N–H and O–H groups in total. The molecule has 0 aliphatic carbocycles. The predicted octanol–water partition coefficient (Wildman–Crippen LogP) is 3.26. The van der Waals surface area contributed by atoms with Gasteiger partial charge in [0.2, 0.25) is 5.91 Å². The minimum atomic E-state index is -0.305. The molecule has 1 atom stereocenters. The second-order valence-corrected chi connectivity index (χ2v) is 6.71. The average molecular weight is 332 g/mol. The van der Waals surface area contributed by atoms with Crippen molar-refractivity contribution in [2.75, 3.05) is 5.32 Å². The predicted molar refractivity (Wildman–Crippen MR) is 91.3 cm³/mol. The first kappa shape index (κ1) is 14.9. The van der Waals surface area contributed by atoms with Crippen LogP contribution in [0.1, 0.15) is 18.2 Å². The number of thiophene rings is 2. The number of nitrogens with one attached hydrogen (secondary N) is 2. The van der Waals surface area contributed by atoms with Gasteiger partial charge in [0.1, 0.15) is 18.2 Å². The lowest BCUT2D eigenvalue weighted by Crippen LogP contribution is -2.39. The second kappa shape index (κ2) is 6.85. The number of nitrogens with zero attached hydrogens (tertiary/aromatic N) is 2. The Morgan fingerprint density at radius 1 is 1.27 bits per heavy atom. The standard InChI is InChI=1S/C15H16N4OS2/c1-2-11(15(20)16-8-10-4-3-6-21-10)19-14-13-12(5-7-22-13)17-9-18-14/h3-7,9,11H,2,8H2,1H3,(H,16,20)(H,17,18,19). The molecule has 1 amide bonds. The van der Waals surface area contributed by atoms with E-state index in [9.17, 15) is 4.79 Å². The third-order valence-electron chi connectivity index (χ3n) is 3.30. The van der Waals surface area contributed by atoms with Crippen molar-refractivity contribution in [1.29, 1.82) is 0 Å². The van der Waals surface area contributed by atoms with E-state index in [-0.39, 0.29) is 11.9 Å². The molecule has 0 saturated heterocycles. The molecule has 0 radical (unpaired) electrons. The van der Waals surface area contributed by atoms with E-state index in [2.05, 4.69) is 20.6 Å². The quantitative estimate of drug-likeness (QED) is 0.727. The van der Waals surface area contributed by atoms with Crippen LogP contribution < -0.4 is 10.6 Å². The number of rotatable bonds is 6. The van der Waals surface area contributed by atoms with Gasteiger partial charge in [-0.15, -0.1) is 22.7 Å². The van der Waals surface area contributed by atoms with E-state index in [1.54, 1.807) is 22.7 Å². The van der Waals surface area contributed by atoms with Crippen LogP contribution in [0.3, 0.4) is 0 Å². The van der Waals surface area contributed by atoms with E-state index in [1.165, 1.54) is 6.33 Å². The summed E-state index contributed by atoms with van der Waals surface area (Å²) in [5.41, 5.74) is 0.899. The maximum Gasteiger partial charge on any atom is 0.242 e. The summed E-state index contributed by atoms with van der Waals surface area (Å²) in [4.78, 5) is 22.0. The summed E-state index contributed by atoms with van der Waals surface area (Å²) in [7, 11) is 0. The molecule has 1 unspecified atom stereocenters. The molecular weight excluding hydrogens is 316 g/mol. The third-order valence-corrected chi connectivity index (χ3v) is 5.08. The topological polar surface area (TPSA) is 66.9 Å². The molecule has 0 fully saturated rings. The van der Waals surface area contributed by atoms with Crippen LogP contribution >= 0.6 is 22.7 Å². The lowest BCUT2D eigenvalue weighted by molar-refractivity contribution is -0.122. The first-order chi connectivity index (χ1) is 10.8. The number of hydrogen-bond donors (Lipinski definition) is 2. The summed E-state index contributed by atoms with van der Waals surface area (Å²) < 4.78 is 0.979. The fourth-order valence-corrected chi connectivity index (χ4v) is 3.56. The zero-order valence-corrected chi connectivity index (χ0v) is 13.7. The summed E-state index contributed by atoms with van der Waals surface area (Å²) in [5.74, 6) is 0.706. The molecule has 0 aliphatic heterocycles. The SMILES string of the molecule is CCC(Nc1ncnc2ccsc12)C(=O)NCc1cccs1. The summed E-state index contributed by atoms with van der Waals surface area (Å²) in [6.07, 6.45) is 2.21. The molecule has 0 aromatic carbocycles. The lowest BCUT2D eigenvalue weighted by atomic mass is 10.2. The Labute approximate surface area is 136 Å². The van der Waals surface area contributed by atoms with Gasteiger partial charge >= 0.3 is 0 Å². The van der Waals surface area contributed by atoms with Gasteiger partial charge in [-0.3, -0.25) is 4.79 Å². The molecule has 5 nitrogen and oxygen atoms in total. The van der Waals surface area contributed by atoms with Crippen molar-refractivity contribution in [3.8, 4) is 0 Å². The fraction of sp³-hybridized carbons (Fsp3) is 0.267. The monoisotopic (exact) mass is 332 g/mol. The minimum absolute atomic E-state index is 0.0146. The maximum atomic E-state index is 12.3. The summed E-state index contributed by atoms with van der Waals surface area (Å²) in [6.45, 7) is 2.54. The van der Waals surface area contributed by atoms with E-state index in [0.717, 1.165) is 20.9 Å². The van der Waals surface area contributed by atoms with Crippen molar-refractivity contribution in [1.82, 2.24) is 15.3 Å². The van der Waals surface area contributed by atoms with E-state index in [1.807, 2.05) is 35.9 Å². The molecule has 0 saturated carbocycles. The molecule has 3 aromatic rings. The van der Waals surface area contributed by atoms with Gasteiger partial charge in [-0.1, -0.05) is 13.0 Å². The zero-order chi connectivity index (χ0) is 15.4. The third kappa shape index (κ3) is 3.26. The Morgan fingerprint density at radius 2 is 2.18 bits per heavy atom. The van der Waals surface area contributed by atoms with Crippen LogP contribution in [-0.2, 0) is 11.3 Å². The Hall–Kier alpha value is -1.99. The van der Waals surface area contributed by atoms with Crippen LogP contribution in [-0.4, -0.2) is 21.9 Å². The van der Waals surface area contributed by atoms with Crippen LogP contribution in [0.2, 0.25) is 0 Å². The van der Waals surface area contributed by atoms with Crippen molar-refractivity contribution in [2.24, 2.45) is 0 Å². The van der Waals surface area contributed by atoms with Crippen LogP contribution in [0.5, 0.6) is 0 Å². The van der Waals surface area contributed by atoms with Crippen molar-refractivity contribution < 1.29 is 4.79 Å². The Bertz CT molecular complexity index is 754. The van der Waals surface area contributed by atoms with Crippen LogP contribution in [0.4, 0.5) is 5.82 Å². The first-order valence-electron chi connectivity index (χ1n) is 7.02. The second-order valence-electron chi connectivity index (χ2n) is 4.76. The van der Waals surface area contributed by atoms with Crippen LogP contribution in [0.25, 0.3) is 10.2 Å². The summed E-state index contributed by atoms with van der Waals surface area (Å²) >= 11 is 3.21. The zero-order valence-electron chi connectivity index (χ0n) is 12.1. The normalized spacial score (nSPS) is 12.2. The Balaban J connectivity index is 1.68. The van der Waals surface area contributed by atoms with Gasteiger partial charge in [0.25, 0.3) is 0 Å². The molecule has 3 heterocycles. The minimum Gasteiger partial charge on any atom is -0.357 e. The summed E-state index contributed by atoms with van der Waals surface area (Å²) in [6, 6.07) is 5.64. The molecule has 0 bridgehead atoms. The number of carbonyl (C=O) groups is 1. The van der Waals surface area contributed by atoms with Gasteiger partial charge < -0.3 is 10.6 Å². The highest BCUT2D eigenvalue weighted by Gasteiger charge is 2.18. The smallest absolute Gasteiger partial charge is 0.242 e. The van der Waals surface area contributed by atoms with E-state index < -0.39 is 0 Å². The number of aromatic nitrogens is 2. The number of anilines is 1. The van der Waals surface area contributed by atoms with Crippen molar-refractivity contribution in [2.45, 2.75) is 25.9 Å². The van der Waals surface area contributed by atoms with Crippen LogP contribution in [0, 0.1) is 0 Å². The van der Waals surface area contributed by atoms with Crippen LogP contribution in [0.15, 0.2) is 35.3 Å². The van der Waals surface area contributed by atoms with Gasteiger partial charge in [0.05, 0.1) is 16.8 Å². The van der Waals surface area contributed by atoms with Crippen molar-refractivity contribution in [3.05, 3.63) is 40.2 Å². The Morgan fingerprint density at radius 3 is 2.95 bits per heavy atom. The number of carbonyl (C=O) groups excluding carboxylic acids is 1. The highest BCUT2D eigenvalue weighted by atomic mass is 32.1. The molecule has 3 rings (SSSR count).